The first-order chi connectivity index (χ1) is 7.04. The number of benzene rings is 1. The third kappa shape index (κ3) is 3.09. The lowest BCUT2D eigenvalue weighted by Gasteiger charge is -2.13. The number of hydrogen-bond acceptors (Lipinski definition) is 2. The van der Waals surface area contributed by atoms with Gasteiger partial charge >= 0.3 is 0 Å². The van der Waals surface area contributed by atoms with Crippen LogP contribution in [-0.2, 0) is 0 Å². The quantitative estimate of drug-likeness (QED) is 0.774. The van der Waals surface area contributed by atoms with Gasteiger partial charge in [0, 0.05) is 0 Å². The molecule has 0 heterocycles. The molecule has 0 aromatic heterocycles. The Morgan fingerprint density at radius 3 is 2.60 bits per heavy atom. The van der Waals surface area contributed by atoms with Crippen molar-refractivity contribution in [2.45, 2.75) is 19.8 Å². The first-order valence-electron chi connectivity index (χ1n) is 4.79. The molecule has 3 N–H and O–H groups in total. The van der Waals surface area contributed by atoms with Gasteiger partial charge in [0.25, 0.3) is 0 Å². The van der Waals surface area contributed by atoms with Crippen LogP contribution in [0.4, 0.5) is 5.69 Å². The molecule has 0 atom stereocenters. The van der Waals surface area contributed by atoms with Gasteiger partial charge in [-0.3, -0.25) is 0 Å². The molecule has 82 valence electrons. The van der Waals surface area contributed by atoms with Gasteiger partial charge in [-0.25, -0.2) is 0 Å². The van der Waals surface area contributed by atoms with Gasteiger partial charge in [-0.15, -0.1) is 0 Å². The van der Waals surface area contributed by atoms with Crippen molar-refractivity contribution < 1.29 is 4.74 Å². The Morgan fingerprint density at radius 1 is 1.47 bits per heavy atom. The van der Waals surface area contributed by atoms with Gasteiger partial charge in [0.05, 0.1) is 12.8 Å². The van der Waals surface area contributed by atoms with E-state index in [1.807, 2.05) is 18.2 Å². The van der Waals surface area contributed by atoms with Gasteiger partial charge in [0.15, 0.2) is 5.11 Å². The van der Waals surface area contributed by atoms with Gasteiger partial charge in [0.1, 0.15) is 5.75 Å². The van der Waals surface area contributed by atoms with E-state index in [1.54, 1.807) is 7.11 Å². The highest BCUT2D eigenvalue weighted by Gasteiger charge is 2.06. The lowest BCUT2D eigenvalue weighted by Crippen LogP contribution is -2.19. The number of nitrogens with one attached hydrogen (secondary N) is 1. The summed E-state index contributed by atoms with van der Waals surface area (Å²) in [6.45, 7) is 4.27. The van der Waals surface area contributed by atoms with Crippen molar-refractivity contribution in [3.05, 3.63) is 23.8 Å². The molecule has 0 saturated heterocycles. The number of nitrogens with two attached hydrogens (primary N) is 1. The maximum Gasteiger partial charge on any atom is 0.168 e. The van der Waals surface area contributed by atoms with Crippen molar-refractivity contribution >= 4 is 23.0 Å². The minimum atomic E-state index is 0.241. The van der Waals surface area contributed by atoms with Crippen molar-refractivity contribution in [3.63, 3.8) is 0 Å². The van der Waals surface area contributed by atoms with Crippen molar-refractivity contribution in [2.75, 3.05) is 12.4 Å². The maximum atomic E-state index is 5.41. The summed E-state index contributed by atoms with van der Waals surface area (Å²) < 4.78 is 5.26. The first kappa shape index (κ1) is 11.8. The van der Waals surface area contributed by atoms with E-state index in [9.17, 15) is 0 Å². The molecule has 1 aromatic rings. The highest BCUT2D eigenvalue weighted by molar-refractivity contribution is 7.80. The summed E-state index contributed by atoms with van der Waals surface area (Å²) in [5, 5.41) is 3.12. The highest BCUT2D eigenvalue weighted by Crippen LogP contribution is 2.28. The normalized spacial score (nSPS) is 10.1. The molecule has 3 nitrogen and oxygen atoms in total. The van der Waals surface area contributed by atoms with Gasteiger partial charge < -0.3 is 15.8 Å². The van der Waals surface area contributed by atoms with E-state index in [0.717, 1.165) is 11.4 Å². The summed E-state index contributed by atoms with van der Waals surface area (Å²) in [5.41, 5.74) is 7.43. The SMILES string of the molecule is COc1cc(C(C)C)ccc1NC(N)=S. The largest absolute Gasteiger partial charge is 0.495 e. The number of thiocarbonyl (C=S) groups is 1. The molecule has 0 amide bonds. The Balaban J connectivity index is 3.03. The number of hydrogen-bond donors (Lipinski definition) is 2. The summed E-state index contributed by atoms with van der Waals surface area (Å²) >= 11 is 4.78. The van der Waals surface area contributed by atoms with Gasteiger partial charge in [-0.1, -0.05) is 19.9 Å². The Hall–Kier alpha value is -1.29. The monoisotopic (exact) mass is 224 g/mol. The Labute approximate surface area is 95.6 Å². The topological polar surface area (TPSA) is 47.3 Å². The minimum Gasteiger partial charge on any atom is -0.495 e. The van der Waals surface area contributed by atoms with Crippen molar-refractivity contribution in [1.82, 2.24) is 0 Å². The van der Waals surface area contributed by atoms with Crippen LogP contribution in [0.2, 0.25) is 0 Å². The molecule has 0 aliphatic heterocycles. The smallest absolute Gasteiger partial charge is 0.168 e. The summed E-state index contributed by atoms with van der Waals surface area (Å²) in [6, 6.07) is 5.95. The predicted molar refractivity (Wildman–Crippen MR) is 67.5 cm³/mol. The second-order valence-electron chi connectivity index (χ2n) is 3.60. The first-order valence-corrected chi connectivity index (χ1v) is 5.19. The molecule has 15 heavy (non-hydrogen) atoms. The van der Waals surface area contributed by atoms with E-state index in [0.29, 0.717) is 5.92 Å². The molecule has 0 unspecified atom stereocenters. The van der Waals surface area contributed by atoms with E-state index in [2.05, 4.69) is 19.2 Å². The molecule has 0 fully saturated rings. The molecule has 0 saturated carbocycles. The van der Waals surface area contributed by atoms with E-state index >= 15 is 0 Å². The summed E-state index contributed by atoms with van der Waals surface area (Å²) in [7, 11) is 1.63. The number of ether oxygens (including phenoxy) is 1. The molecule has 1 aromatic carbocycles. The van der Waals surface area contributed by atoms with Crippen LogP contribution in [0.25, 0.3) is 0 Å². The minimum absolute atomic E-state index is 0.241. The average molecular weight is 224 g/mol. The molecular weight excluding hydrogens is 208 g/mol. The van der Waals surface area contributed by atoms with Gasteiger partial charge in [-0.2, -0.15) is 0 Å². The zero-order valence-electron chi connectivity index (χ0n) is 9.20. The fourth-order valence-electron chi connectivity index (χ4n) is 1.30. The lowest BCUT2D eigenvalue weighted by atomic mass is 10.0. The maximum absolute atomic E-state index is 5.41. The second-order valence-corrected chi connectivity index (χ2v) is 4.04. The van der Waals surface area contributed by atoms with Crippen LogP contribution in [0.5, 0.6) is 5.75 Å². The van der Waals surface area contributed by atoms with Crippen LogP contribution in [-0.4, -0.2) is 12.2 Å². The molecule has 0 spiro atoms. The third-order valence-corrected chi connectivity index (χ3v) is 2.25. The molecule has 0 aliphatic rings. The average Bonchev–Trinajstić information content (AvgIpc) is 2.17. The second kappa shape index (κ2) is 4.98. The van der Waals surface area contributed by atoms with Crippen molar-refractivity contribution in [2.24, 2.45) is 5.73 Å². The van der Waals surface area contributed by atoms with E-state index in [4.69, 9.17) is 22.7 Å². The lowest BCUT2D eigenvalue weighted by molar-refractivity contribution is 0.416. The number of methoxy groups -OCH3 is 1. The summed E-state index contributed by atoms with van der Waals surface area (Å²) in [4.78, 5) is 0. The zero-order chi connectivity index (χ0) is 11.4. The molecule has 1 rings (SSSR count). The van der Waals surface area contributed by atoms with E-state index in [-0.39, 0.29) is 5.11 Å². The van der Waals surface area contributed by atoms with Crippen LogP contribution >= 0.6 is 12.2 Å². The summed E-state index contributed by atoms with van der Waals surface area (Å²) in [5.74, 6) is 1.23. The zero-order valence-corrected chi connectivity index (χ0v) is 10.0. The molecule has 0 bridgehead atoms. The number of rotatable bonds is 3. The molecule has 0 aliphatic carbocycles. The van der Waals surface area contributed by atoms with Gasteiger partial charge in [0.2, 0.25) is 0 Å². The van der Waals surface area contributed by atoms with Crippen LogP contribution in [0.3, 0.4) is 0 Å². The van der Waals surface area contributed by atoms with Crippen molar-refractivity contribution in [1.29, 1.82) is 0 Å². The Kier molecular flexibility index (Phi) is 3.91. The van der Waals surface area contributed by atoms with Gasteiger partial charge in [-0.05, 0) is 35.8 Å². The standard InChI is InChI=1S/C11H16N2OS/c1-7(2)8-4-5-9(13-11(12)15)10(6-8)14-3/h4-7H,1-3H3,(H3,12,13,15). The van der Waals surface area contributed by atoms with Crippen molar-refractivity contribution in [3.8, 4) is 5.75 Å². The summed E-state index contributed by atoms with van der Waals surface area (Å²) in [6.07, 6.45) is 0. The van der Waals surface area contributed by atoms with Crippen LogP contribution < -0.4 is 15.8 Å². The number of anilines is 1. The van der Waals surface area contributed by atoms with E-state index in [1.165, 1.54) is 5.56 Å². The fraction of sp³-hybridized carbons (Fsp3) is 0.364. The Morgan fingerprint density at radius 2 is 2.13 bits per heavy atom. The highest BCUT2D eigenvalue weighted by atomic mass is 32.1. The van der Waals surface area contributed by atoms with Crippen LogP contribution in [0.1, 0.15) is 25.3 Å². The molecule has 4 heteroatoms. The predicted octanol–water partition coefficient (Wildman–Crippen LogP) is 2.47. The fourth-order valence-corrected chi connectivity index (χ4v) is 1.41. The van der Waals surface area contributed by atoms with Crippen LogP contribution in [0, 0.1) is 0 Å². The van der Waals surface area contributed by atoms with E-state index < -0.39 is 0 Å². The Bertz CT molecular complexity index is 364. The third-order valence-electron chi connectivity index (χ3n) is 2.15. The molecular formula is C11H16N2OS. The van der Waals surface area contributed by atoms with Crippen LogP contribution in [0.15, 0.2) is 18.2 Å². The molecule has 0 radical (unpaired) electrons.